The van der Waals surface area contributed by atoms with Gasteiger partial charge in [0.2, 0.25) is 5.96 Å². The van der Waals surface area contributed by atoms with Gasteiger partial charge in [-0.25, -0.2) is 4.79 Å². The van der Waals surface area contributed by atoms with Crippen molar-refractivity contribution in [1.29, 1.82) is 0 Å². The van der Waals surface area contributed by atoms with E-state index in [9.17, 15) is 29.4 Å². The molecule has 1 aromatic carbocycles. The number of hydrogen-bond donors (Lipinski definition) is 7. The number of aliphatic hydroxyl groups is 1. The first kappa shape index (κ1) is 24.6. The molecule has 0 radical (unpaired) electrons. The molecule has 2 heterocycles. The van der Waals surface area contributed by atoms with Crippen molar-refractivity contribution >= 4 is 41.2 Å². The number of aliphatic imine (C=N–C) groups is 2. The number of amidine groups is 1. The van der Waals surface area contributed by atoms with Crippen LogP contribution in [0.1, 0.15) is 23.2 Å². The largest absolute Gasteiger partial charge is 0.481 e. The molecule has 182 valence electrons. The normalized spacial score (nSPS) is 23.0. The van der Waals surface area contributed by atoms with Crippen molar-refractivity contribution in [3.63, 3.8) is 0 Å². The van der Waals surface area contributed by atoms with Crippen LogP contribution in [0.15, 0.2) is 34.3 Å². The third kappa shape index (κ3) is 5.13. The Balaban J connectivity index is 1.60. The molecule has 0 aliphatic carbocycles. The molecule has 2 aliphatic rings. The molecule has 2 aliphatic heterocycles. The van der Waals surface area contributed by atoms with Crippen molar-refractivity contribution in [3.05, 3.63) is 29.8 Å². The third-order valence-electron chi connectivity index (χ3n) is 5.55. The van der Waals surface area contributed by atoms with E-state index in [0.29, 0.717) is 12.2 Å². The third-order valence-corrected chi connectivity index (χ3v) is 5.55. The monoisotopic (exact) mass is 475 g/mol. The minimum atomic E-state index is -2.04. The predicted molar refractivity (Wildman–Crippen MR) is 119 cm³/mol. The van der Waals surface area contributed by atoms with Crippen LogP contribution in [0.2, 0.25) is 0 Å². The van der Waals surface area contributed by atoms with Crippen molar-refractivity contribution in [2.75, 3.05) is 25.5 Å². The summed E-state index contributed by atoms with van der Waals surface area (Å²) in [4.78, 5) is 56.1. The number of carboxylic acids is 2. The standard InChI is InChI=1S/C20H25N7O7/c1-27-12(9-23-17-20(27,34)18(33)26-19(21)25-17)8-22-11-4-2-10(3-5-11)15(30)24-13(16(31)32)6-7-14(28)29/h2-5,12-13,22,34H,6-9H2,1H3,(H,24,30)(H,28,29)(H,31,32)(H3,21,23,25,26,33). The lowest BCUT2D eigenvalue weighted by Gasteiger charge is -2.43. The summed E-state index contributed by atoms with van der Waals surface area (Å²) < 4.78 is 0. The highest BCUT2D eigenvalue weighted by atomic mass is 16.4. The highest BCUT2D eigenvalue weighted by molar-refractivity contribution is 6.21. The van der Waals surface area contributed by atoms with E-state index in [-0.39, 0.29) is 36.4 Å². The summed E-state index contributed by atoms with van der Waals surface area (Å²) in [6, 6.07) is 4.47. The number of fused-ring (bicyclic) bond motifs is 1. The summed E-state index contributed by atoms with van der Waals surface area (Å²) in [7, 11) is 1.56. The Hall–Kier alpha value is -4.04. The zero-order valence-electron chi connectivity index (χ0n) is 18.2. The molecule has 34 heavy (non-hydrogen) atoms. The Morgan fingerprint density at radius 2 is 1.97 bits per heavy atom. The van der Waals surface area contributed by atoms with Gasteiger partial charge in [0.1, 0.15) is 6.04 Å². The lowest BCUT2D eigenvalue weighted by atomic mass is 10.0. The van der Waals surface area contributed by atoms with E-state index in [1.165, 1.54) is 17.0 Å². The van der Waals surface area contributed by atoms with E-state index in [0.717, 1.165) is 0 Å². The highest BCUT2D eigenvalue weighted by Crippen LogP contribution is 2.24. The zero-order valence-corrected chi connectivity index (χ0v) is 18.2. The minimum absolute atomic E-state index is 0.0779. The van der Waals surface area contributed by atoms with E-state index < -0.39 is 41.9 Å². The lowest BCUT2D eigenvalue weighted by Crippen LogP contribution is -2.71. The Morgan fingerprint density at radius 3 is 2.59 bits per heavy atom. The molecule has 1 aromatic rings. The van der Waals surface area contributed by atoms with Crippen LogP contribution in [-0.2, 0) is 14.4 Å². The van der Waals surface area contributed by atoms with Gasteiger partial charge in [-0.3, -0.25) is 29.6 Å². The predicted octanol–water partition coefficient (Wildman–Crippen LogP) is -2.01. The zero-order chi connectivity index (χ0) is 25.0. The molecule has 3 atom stereocenters. The fourth-order valence-corrected chi connectivity index (χ4v) is 3.51. The number of carbonyl (C=O) groups excluding carboxylic acids is 2. The van der Waals surface area contributed by atoms with Crippen LogP contribution >= 0.6 is 0 Å². The van der Waals surface area contributed by atoms with Gasteiger partial charge in [0, 0.05) is 30.3 Å². The number of amides is 2. The second-order valence-electron chi connectivity index (χ2n) is 7.81. The number of rotatable bonds is 9. The van der Waals surface area contributed by atoms with Crippen LogP contribution < -0.4 is 21.7 Å². The Labute approximate surface area is 193 Å². The van der Waals surface area contributed by atoms with Crippen LogP contribution in [0, 0.1) is 0 Å². The molecule has 8 N–H and O–H groups in total. The summed E-state index contributed by atoms with van der Waals surface area (Å²) in [5.41, 5.74) is 4.30. The highest BCUT2D eigenvalue weighted by Gasteiger charge is 2.52. The van der Waals surface area contributed by atoms with Crippen molar-refractivity contribution in [2.24, 2.45) is 15.7 Å². The first-order valence-corrected chi connectivity index (χ1v) is 10.3. The molecule has 14 nitrogen and oxygen atoms in total. The number of carbonyl (C=O) groups is 4. The number of carboxylic acid groups (broad SMARTS) is 2. The van der Waals surface area contributed by atoms with Crippen LogP contribution in [0.25, 0.3) is 0 Å². The smallest absolute Gasteiger partial charge is 0.326 e. The number of nitrogens with one attached hydrogen (secondary N) is 3. The summed E-state index contributed by atoms with van der Waals surface area (Å²) >= 11 is 0. The van der Waals surface area contributed by atoms with Gasteiger partial charge in [0.05, 0.1) is 6.54 Å². The molecule has 0 fully saturated rings. The maximum atomic E-state index is 12.3. The Bertz CT molecular complexity index is 1060. The molecular weight excluding hydrogens is 450 g/mol. The quantitative estimate of drug-likeness (QED) is 0.208. The van der Waals surface area contributed by atoms with E-state index in [1.807, 2.05) is 0 Å². The fourth-order valence-electron chi connectivity index (χ4n) is 3.51. The number of likely N-dealkylation sites (N-methyl/N-ethyl adjacent to an activating group) is 1. The van der Waals surface area contributed by atoms with E-state index in [1.54, 1.807) is 19.2 Å². The summed E-state index contributed by atoms with van der Waals surface area (Å²) in [5.74, 6) is -4.09. The van der Waals surface area contributed by atoms with Crippen LogP contribution in [-0.4, -0.2) is 93.7 Å². The molecule has 0 bridgehead atoms. The fraction of sp³-hybridized carbons (Fsp3) is 0.400. The van der Waals surface area contributed by atoms with Gasteiger partial charge in [0.25, 0.3) is 17.5 Å². The summed E-state index contributed by atoms with van der Waals surface area (Å²) in [5, 5.41) is 36.5. The van der Waals surface area contributed by atoms with Crippen LogP contribution in [0.5, 0.6) is 0 Å². The second kappa shape index (κ2) is 9.84. The van der Waals surface area contributed by atoms with Crippen molar-refractivity contribution in [1.82, 2.24) is 15.5 Å². The Kier molecular flexibility index (Phi) is 7.12. The second-order valence-corrected chi connectivity index (χ2v) is 7.81. The van der Waals surface area contributed by atoms with Gasteiger partial charge in [-0.05, 0) is 37.7 Å². The lowest BCUT2D eigenvalue weighted by molar-refractivity contribution is -0.150. The van der Waals surface area contributed by atoms with Crippen LogP contribution in [0.4, 0.5) is 5.69 Å². The maximum Gasteiger partial charge on any atom is 0.326 e. The van der Waals surface area contributed by atoms with Gasteiger partial charge in [-0.15, -0.1) is 0 Å². The van der Waals surface area contributed by atoms with Crippen molar-refractivity contribution in [3.8, 4) is 0 Å². The molecule has 0 aromatic heterocycles. The van der Waals surface area contributed by atoms with Gasteiger partial charge >= 0.3 is 11.9 Å². The van der Waals surface area contributed by atoms with Gasteiger partial charge in [-0.2, -0.15) is 4.99 Å². The molecule has 3 rings (SSSR count). The molecule has 2 amide bonds. The molecular formula is C20H25N7O7. The van der Waals surface area contributed by atoms with E-state index in [4.69, 9.17) is 10.8 Å². The number of nitrogens with zero attached hydrogens (tertiary/aromatic N) is 3. The molecule has 0 saturated heterocycles. The van der Waals surface area contributed by atoms with Crippen molar-refractivity contribution in [2.45, 2.75) is 30.7 Å². The number of hydrogen-bond acceptors (Lipinski definition) is 10. The number of guanidine groups is 1. The Morgan fingerprint density at radius 1 is 1.29 bits per heavy atom. The first-order valence-electron chi connectivity index (χ1n) is 10.3. The van der Waals surface area contributed by atoms with Gasteiger partial charge in [-0.1, -0.05) is 0 Å². The summed E-state index contributed by atoms with van der Waals surface area (Å²) in [6.45, 7) is 0.544. The average Bonchev–Trinajstić information content (AvgIpc) is 2.78. The molecule has 3 unspecified atom stereocenters. The topological polar surface area (TPSA) is 219 Å². The number of aliphatic carboxylic acids is 2. The number of benzene rings is 1. The van der Waals surface area contributed by atoms with Gasteiger partial charge in [0.15, 0.2) is 5.84 Å². The van der Waals surface area contributed by atoms with Crippen LogP contribution in [0.3, 0.4) is 0 Å². The molecule has 0 spiro atoms. The summed E-state index contributed by atoms with van der Waals surface area (Å²) in [6.07, 6.45) is -0.630. The van der Waals surface area contributed by atoms with E-state index >= 15 is 0 Å². The SMILES string of the molecule is CN1C(CNc2ccc(C(=O)NC(CCC(=O)O)C(=O)O)cc2)CN=C2N=C(N)NC(=O)C21O. The molecule has 0 saturated carbocycles. The molecule has 14 heteroatoms. The van der Waals surface area contributed by atoms with Crippen molar-refractivity contribution < 1.29 is 34.5 Å². The first-order chi connectivity index (χ1) is 16.0. The van der Waals surface area contributed by atoms with Gasteiger partial charge < -0.3 is 31.7 Å². The van der Waals surface area contributed by atoms with E-state index in [2.05, 4.69) is 25.9 Å². The number of nitrogens with two attached hydrogens (primary N) is 1. The average molecular weight is 475 g/mol. The minimum Gasteiger partial charge on any atom is -0.481 e. The maximum absolute atomic E-state index is 12.3. The number of anilines is 1.